The van der Waals surface area contributed by atoms with Gasteiger partial charge in [0.1, 0.15) is 0 Å². The van der Waals surface area contributed by atoms with Gasteiger partial charge in [-0.05, 0) is 20.4 Å². The highest BCUT2D eigenvalue weighted by molar-refractivity contribution is 6.17. The SMILES string of the molecule is CC(O)CCN(C)CCOCCCl. The number of halogens is 1. The third-order valence-corrected chi connectivity index (χ3v) is 1.92. The average molecular weight is 210 g/mol. The van der Waals surface area contributed by atoms with Gasteiger partial charge in [-0.1, -0.05) is 0 Å². The zero-order valence-corrected chi connectivity index (χ0v) is 9.26. The van der Waals surface area contributed by atoms with Gasteiger partial charge in [0, 0.05) is 19.0 Å². The fraction of sp³-hybridized carbons (Fsp3) is 1.00. The third kappa shape index (κ3) is 10.1. The Bertz CT molecular complexity index is 112. The summed E-state index contributed by atoms with van der Waals surface area (Å²) in [6.45, 7) is 4.93. The first-order valence-corrected chi connectivity index (χ1v) is 5.20. The van der Waals surface area contributed by atoms with Crippen LogP contribution >= 0.6 is 11.6 Å². The first kappa shape index (κ1) is 13.2. The van der Waals surface area contributed by atoms with Crippen LogP contribution in [0.1, 0.15) is 13.3 Å². The predicted molar refractivity (Wildman–Crippen MR) is 55.3 cm³/mol. The molecule has 0 spiro atoms. The van der Waals surface area contributed by atoms with Crippen LogP contribution in [0, 0.1) is 0 Å². The second-order valence-corrected chi connectivity index (χ2v) is 3.62. The van der Waals surface area contributed by atoms with Crippen LogP contribution in [0.2, 0.25) is 0 Å². The van der Waals surface area contributed by atoms with Crippen molar-refractivity contribution in [3.63, 3.8) is 0 Å². The van der Waals surface area contributed by atoms with Crippen molar-refractivity contribution in [1.29, 1.82) is 0 Å². The molecule has 0 heterocycles. The highest BCUT2D eigenvalue weighted by Crippen LogP contribution is 1.92. The van der Waals surface area contributed by atoms with Crippen LogP contribution in [0.25, 0.3) is 0 Å². The summed E-state index contributed by atoms with van der Waals surface area (Å²) < 4.78 is 5.22. The number of ether oxygens (including phenoxy) is 1. The Labute approximate surface area is 85.6 Å². The normalized spacial score (nSPS) is 13.6. The molecule has 0 aromatic rings. The number of likely N-dealkylation sites (N-methyl/N-ethyl adjacent to an activating group) is 1. The van der Waals surface area contributed by atoms with E-state index in [1.165, 1.54) is 0 Å². The van der Waals surface area contributed by atoms with Gasteiger partial charge in [-0.15, -0.1) is 11.6 Å². The maximum absolute atomic E-state index is 9.04. The Morgan fingerprint density at radius 3 is 2.62 bits per heavy atom. The van der Waals surface area contributed by atoms with E-state index in [0.717, 1.165) is 19.5 Å². The third-order valence-electron chi connectivity index (χ3n) is 1.77. The molecule has 80 valence electrons. The van der Waals surface area contributed by atoms with E-state index < -0.39 is 0 Å². The van der Waals surface area contributed by atoms with E-state index in [2.05, 4.69) is 4.90 Å². The van der Waals surface area contributed by atoms with Crippen LogP contribution < -0.4 is 0 Å². The number of alkyl halides is 1. The molecule has 4 heteroatoms. The summed E-state index contributed by atoms with van der Waals surface area (Å²) in [5.41, 5.74) is 0. The molecular formula is C9H20ClNO2. The van der Waals surface area contributed by atoms with Gasteiger partial charge < -0.3 is 14.7 Å². The zero-order valence-electron chi connectivity index (χ0n) is 8.50. The molecule has 13 heavy (non-hydrogen) atoms. The first-order chi connectivity index (χ1) is 6.16. The first-order valence-electron chi connectivity index (χ1n) is 4.67. The lowest BCUT2D eigenvalue weighted by Gasteiger charge is -2.17. The summed E-state index contributed by atoms with van der Waals surface area (Å²) in [4.78, 5) is 2.14. The molecule has 0 saturated heterocycles. The average Bonchev–Trinajstić information content (AvgIpc) is 2.09. The highest BCUT2D eigenvalue weighted by Gasteiger charge is 2.00. The van der Waals surface area contributed by atoms with Crippen LogP contribution in [0.3, 0.4) is 0 Å². The second-order valence-electron chi connectivity index (χ2n) is 3.24. The van der Waals surface area contributed by atoms with E-state index >= 15 is 0 Å². The lowest BCUT2D eigenvalue weighted by Crippen LogP contribution is -2.26. The lowest BCUT2D eigenvalue weighted by molar-refractivity contribution is 0.113. The number of hydrogen-bond donors (Lipinski definition) is 1. The van der Waals surface area contributed by atoms with Gasteiger partial charge in [0.2, 0.25) is 0 Å². The molecule has 0 aliphatic carbocycles. The Kier molecular flexibility index (Phi) is 8.87. The molecule has 0 aromatic carbocycles. The highest BCUT2D eigenvalue weighted by atomic mass is 35.5. The van der Waals surface area contributed by atoms with Crippen molar-refractivity contribution in [2.75, 3.05) is 39.2 Å². The molecule has 0 aliphatic rings. The van der Waals surface area contributed by atoms with E-state index in [-0.39, 0.29) is 6.10 Å². The number of aliphatic hydroxyl groups is 1. The summed E-state index contributed by atoms with van der Waals surface area (Å²) in [5.74, 6) is 0.553. The predicted octanol–water partition coefficient (Wildman–Crippen LogP) is 0.944. The summed E-state index contributed by atoms with van der Waals surface area (Å²) in [6, 6.07) is 0. The molecule has 0 fully saturated rings. The molecule has 0 rings (SSSR count). The molecule has 0 radical (unpaired) electrons. The van der Waals surface area contributed by atoms with Crippen molar-refractivity contribution in [2.24, 2.45) is 0 Å². The minimum absolute atomic E-state index is 0.216. The molecule has 0 saturated carbocycles. The molecule has 0 aliphatic heterocycles. The number of nitrogens with zero attached hydrogens (tertiary/aromatic N) is 1. The van der Waals surface area contributed by atoms with Crippen molar-refractivity contribution >= 4 is 11.6 Å². The second kappa shape index (κ2) is 8.75. The Hall–Kier alpha value is 0.170. The smallest absolute Gasteiger partial charge is 0.0602 e. The maximum atomic E-state index is 9.04. The zero-order chi connectivity index (χ0) is 10.1. The summed E-state index contributed by atoms with van der Waals surface area (Å²) in [6.07, 6.45) is 0.595. The minimum atomic E-state index is -0.216. The van der Waals surface area contributed by atoms with Crippen molar-refractivity contribution < 1.29 is 9.84 Å². The van der Waals surface area contributed by atoms with E-state index in [1.54, 1.807) is 6.92 Å². The van der Waals surface area contributed by atoms with Crippen molar-refractivity contribution in [1.82, 2.24) is 4.90 Å². The van der Waals surface area contributed by atoms with Gasteiger partial charge in [-0.3, -0.25) is 0 Å². The topological polar surface area (TPSA) is 32.7 Å². The fourth-order valence-electron chi connectivity index (χ4n) is 0.896. The van der Waals surface area contributed by atoms with Gasteiger partial charge in [-0.2, -0.15) is 0 Å². The number of rotatable bonds is 8. The van der Waals surface area contributed by atoms with E-state index in [9.17, 15) is 0 Å². The van der Waals surface area contributed by atoms with Crippen LogP contribution in [0.4, 0.5) is 0 Å². The van der Waals surface area contributed by atoms with Crippen molar-refractivity contribution in [3.8, 4) is 0 Å². The monoisotopic (exact) mass is 209 g/mol. The van der Waals surface area contributed by atoms with Crippen molar-refractivity contribution in [2.45, 2.75) is 19.4 Å². The maximum Gasteiger partial charge on any atom is 0.0602 e. The molecule has 3 nitrogen and oxygen atoms in total. The Morgan fingerprint density at radius 2 is 2.08 bits per heavy atom. The van der Waals surface area contributed by atoms with Gasteiger partial charge in [0.25, 0.3) is 0 Å². The van der Waals surface area contributed by atoms with E-state index in [0.29, 0.717) is 19.1 Å². The van der Waals surface area contributed by atoms with Gasteiger partial charge in [0.05, 0.1) is 19.3 Å². The van der Waals surface area contributed by atoms with Crippen LogP contribution in [-0.4, -0.2) is 55.3 Å². The van der Waals surface area contributed by atoms with E-state index in [1.807, 2.05) is 7.05 Å². The molecule has 0 bridgehead atoms. The number of aliphatic hydroxyl groups excluding tert-OH is 1. The van der Waals surface area contributed by atoms with Crippen LogP contribution in [-0.2, 0) is 4.74 Å². The fourth-order valence-corrected chi connectivity index (χ4v) is 1.01. The Morgan fingerprint density at radius 1 is 1.38 bits per heavy atom. The van der Waals surface area contributed by atoms with Gasteiger partial charge >= 0.3 is 0 Å². The molecule has 1 N–H and O–H groups in total. The van der Waals surface area contributed by atoms with Crippen molar-refractivity contribution in [3.05, 3.63) is 0 Å². The quantitative estimate of drug-likeness (QED) is 0.477. The minimum Gasteiger partial charge on any atom is -0.393 e. The van der Waals surface area contributed by atoms with Crippen LogP contribution in [0.5, 0.6) is 0 Å². The van der Waals surface area contributed by atoms with E-state index in [4.69, 9.17) is 21.4 Å². The van der Waals surface area contributed by atoms with Gasteiger partial charge in [-0.25, -0.2) is 0 Å². The molecule has 1 atom stereocenters. The molecule has 0 aromatic heterocycles. The standard InChI is InChI=1S/C9H20ClNO2/c1-9(12)3-5-11(2)6-8-13-7-4-10/h9,12H,3-8H2,1-2H3. The Balaban J connectivity index is 3.15. The van der Waals surface area contributed by atoms with Gasteiger partial charge in [0.15, 0.2) is 0 Å². The molecule has 0 amide bonds. The summed E-state index contributed by atoms with van der Waals surface area (Å²) in [7, 11) is 2.02. The van der Waals surface area contributed by atoms with Crippen LogP contribution in [0.15, 0.2) is 0 Å². The summed E-state index contributed by atoms with van der Waals surface area (Å²) >= 11 is 5.45. The largest absolute Gasteiger partial charge is 0.393 e. The number of hydrogen-bond acceptors (Lipinski definition) is 3. The lowest BCUT2D eigenvalue weighted by atomic mass is 10.3. The summed E-state index contributed by atoms with van der Waals surface area (Å²) in [5, 5.41) is 9.04. The molecular weight excluding hydrogens is 190 g/mol. The molecule has 1 unspecified atom stereocenters.